The fourth-order valence-corrected chi connectivity index (χ4v) is 2.44. The van der Waals surface area contributed by atoms with Crippen molar-refractivity contribution in [2.45, 2.75) is 13.8 Å². The molecular weight excluding hydrogens is 282 g/mol. The molecular formula is C21H23NO. The Bertz CT molecular complexity index is 677. The van der Waals surface area contributed by atoms with Gasteiger partial charge in [0.1, 0.15) is 0 Å². The first-order chi connectivity index (χ1) is 11.2. The molecule has 0 amide bonds. The molecule has 0 aliphatic rings. The van der Waals surface area contributed by atoms with E-state index in [0.29, 0.717) is 5.56 Å². The molecule has 0 unspecified atom stereocenters. The molecule has 0 aromatic heterocycles. The van der Waals surface area contributed by atoms with Gasteiger partial charge in [0, 0.05) is 24.3 Å². The first kappa shape index (κ1) is 16.8. The van der Waals surface area contributed by atoms with Crippen molar-refractivity contribution in [1.29, 1.82) is 0 Å². The lowest BCUT2D eigenvalue weighted by atomic mass is 10.1. The van der Waals surface area contributed by atoms with Gasteiger partial charge in [-0.1, -0.05) is 55.1 Å². The van der Waals surface area contributed by atoms with Crippen LogP contribution in [-0.4, -0.2) is 18.9 Å². The van der Waals surface area contributed by atoms with Gasteiger partial charge < -0.3 is 4.90 Å². The van der Waals surface area contributed by atoms with Gasteiger partial charge >= 0.3 is 0 Å². The first-order valence-corrected chi connectivity index (χ1v) is 7.97. The van der Waals surface area contributed by atoms with Crippen molar-refractivity contribution in [2.24, 2.45) is 0 Å². The van der Waals surface area contributed by atoms with Crippen molar-refractivity contribution in [1.82, 2.24) is 0 Å². The summed E-state index contributed by atoms with van der Waals surface area (Å²) in [6, 6.07) is 15.7. The fourth-order valence-electron chi connectivity index (χ4n) is 2.44. The van der Waals surface area contributed by atoms with E-state index in [4.69, 9.17) is 0 Å². The Morgan fingerprint density at radius 2 is 1.52 bits per heavy atom. The number of rotatable bonds is 7. The highest BCUT2D eigenvalue weighted by atomic mass is 16.1. The zero-order valence-electron chi connectivity index (χ0n) is 13.8. The van der Waals surface area contributed by atoms with E-state index in [2.05, 4.69) is 37.5 Å². The number of benzene rings is 2. The molecule has 0 bridgehead atoms. The molecule has 0 saturated carbocycles. The molecule has 2 nitrogen and oxygen atoms in total. The van der Waals surface area contributed by atoms with Crippen molar-refractivity contribution in [3.63, 3.8) is 0 Å². The predicted octanol–water partition coefficient (Wildman–Crippen LogP) is 5.07. The van der Waals surface area contributed by atoms with Gasteiger partial charge in [0.15, 0.2) is 5.78 Å². The van der Waals surface area contributed by atoms with E-state index in [0.717, 1.165) is 24.2 Å². The number of hydrogen-bond acceptors (Lipinski definition) is 2. The Kier molecular flexibility index (Phi) is 5.93. The maximum absolute atomic E-state index is 12.2. The summed E-state index contributed by atoms with van der Waals surface area (Å²) < 4.78 is 0. The van der Waals surface area contributed by atoms with E-state index in [1.165, 1.54) is 5.69 Å². The lowest BCUT2D eigenvalue weighted by molar-refractivity contribution is 0.104. The summed E-state index contributed by atoms with van der Waals surface area (Å²) in [5.74, 6) is 0.00781. The molecule has 0 heterocycles. The molecule has 2 rings (SSSR count). The maximum Gasteiger partial charge on any atom is 0.185 e. The SMILES string of the molecule is C=Cc1ccc(C(=O)/C=C/c2ccc(N(CC)CC)cc2)cc1. The molecule has 2 heteroatoms. The maximum atomic E-state index is 12.2. The highest BCUT2D eigenvalue weighted by Gasteiger charge is 2.02. The number of ketones is 1. The quantitative estimate of drug-likeness (QED) is 0.525. The van der Waals surface area contributed by atoms with Crippen LogP contribution in [-0.2, 0) is 0 Å². The standard InChI is InChI=1S/C21H23NO/c1-4-17-7-12-19(13-8-17)21(23)16-11-18-9-14-20(15-10-18)22(5-2)6-3/h4,7-16H,1,5-6H2,2-3H3/b16-11+. The number of anilines is 1. The highest BCUT2D eigenvalue weighted by Crippen LogP contribution is 2.16. The van der Waals surface area contributed by atoms with Gasteiger partial charge in [0.2, 0.25) is 0 Å². The Balaban J connectivity index is 2.06. The topological polar surface area (TPSA) is 20.3 Å². The van der Waals surface area contributed by atoms with Crippen LogP contribution in [0.3, 0.4) is 0 Å². The number of carbonyl (C=O) groups excluding carboxylic acids is 1. The van der Waals surface area contributed by atoms with Crippen molar-refractivity contribution in [3.8, 4) is 0 Å². The molecule has 0 aliphatic heterocycles. The van der Waals surface area contributed by atoms with Crippen LogP contribution in [0, 0.1) is 0 Å². The summed E-state index contributed by atoms with van der Waals surface area (Å²) in [4.78, 5) is 14.5. The third kappa shape index (κ3) is 4.43. The lowest BCUT2D eigenvalue weighted by Crippen LogP contribution is -2.21. The van der Waals surface area contributed by atoms with E-state index in [1.807, 2.05) is 42.5 Å². The lowest BCUT2D eigenvalue weighted by Gasteiger charge is -2.20. The monoisotopic (exact) mass is 305 g/mol. The Morgan fingerprint density at radius 1 is 0.957 bits per heavy atom. The van der Waals surface area contributed by atoms with E-state index < -0.39 is 0 Å². The van der Waals surface area contributed by atoms with Gasteiger partial charge in [-0.3, -0.25) is 4.79 Å². The van der Waals surface area contributed by atoms with Crippen LogP contribution < -0.4 is 4.90 Å². The molecule has 0 atom stereocenters. The smallest absolute Gasteiger partial charge is 0.185 e. The van der Waals surface area contributed by atoms with Gasteiger partial charge in [0.05, 0.1) is 0 Å². The Labute approximate surface area is 138 Å². The van der Waals surface area contributed by atoms with Crippen LogP contribution in [0.5, 0.6) is 0 Å². The Hall–Kier alpha value is -2.61. The average Bonchev–Trinajstić information content (AvgIpc) is 2.62. The summed E-state index contributed by atoms with van der Waals surface area (Å²) in [6.45, 7) is 9.99. The van der Waals surface area contributed by atoms with E-state index in [9.17, 15) is 4.79 Å². The number of nitrogens with zero attached hydrogens (tertiary/aromatic N) is 1. The van der Waals surface area contributed by atoms with Crippen LogP contribution in [0.25, 0.3) is 12.2 Å². The molecule has 2 aromatic rings. The van der Waals surface area contributed by atoms with Crippen LogP contribution in [0.1, 0.15) is 35.3 Å². The van der Waals surface area contributed by atoms with Crippen LogP contribution >= 0.6 is 0 Å². The molecule has 0 N–H and O–H groups in total. The summed E-state index contributed by atoms with van der Waals surface area (Å²) in [5, 5.41) is 0. The van der Waals surface area contributed by atoms with Gasteiger partial charge in [-0.25, -0.2) is 0 Å². The largest absolute Gasteiger partial charge is 0.372 e. The van der Waals surface area contributed by atoms with Crippen LogP contribution in [0.15, 0.2) is 61.2 Å². The van der Waals surface area contributed by atoms with Crippen molar-refractivity contribution < 1.29 is 4.79 Å². The highest BCUT2D eigenvalue weighted by molar-refractivity contribution is 6.06. The van der Waals surface area contributed by atoms with Gasteiger partial charge in [0.25, 0.3) is 0 Å². The van der Waals surface area contributed by atoms with Crippen LogP contribution in [0.2, 0.25) is 0 Å². The van der Waals surface area contributed by atoms with Crippen molar-refractivity contribution in [2.75, 3.05) is 18.0 Å². The molecule has 0 aliphatic carbocycles. The molecule has 0 spiro atoms. The molecule has 0 saturated heterocycles. The molecule has 0 fully saturated rings. The summed E-state index contributed by atoms with van der Waals surface area (Å²) in [7, 11) is 0. The molecule has 23 heavy (non-hydrogen) atoms. The Morgan fingerprint density at radius 3 is 2.04 bits per heavy atom. The van der Waals surface area contributed by atoms with E-state index in [-0.39, 0.29) is 5.78 Å². The molecule has 118 valence electrons. The minimum Gasteiger partial charge on any atom is -0.372 e. The first-order valence-electron chi connectivity index (χ1n) is 7.97. The van der Waals surface area contributed by atoms with Crippen molar-refractivity contribution >= 4 is 23.6 Å². The third-order valence-electron chi connectivity index (χ3n) is 3.88. The fraction of sp³-hybridized carbons (Fsp3) is 0.190. The summed E-state index contributed by atoms with van der Waals surface area (Å²) in [5.41, 5.74) is 3.93. The summed E-state index contributed by atoms with van der Waals surface area (Å²) in [6.07, 6.45) is 5.24. The summed E-state index contributed by atoms with van der Waals surface area (Å²) >= 11 is 0. The second-order valence-electron chi connectivity index (χ2n) is 5.29. The number of allylic oxidation sites excluding steroid dienone is 1. The van der Waals surface area contributed by atoms with Crippen molar-refractivity contribution in [3.05, 3.63) is 77.9 Å². The molecule has 0 radical (unpaired) electrons. The number of hydrogen-bond donors (Lipinski definition) is 0. The average molecular weight is 305 g/mol. The van der Waals surface area contributed by atoms with E-state index in [1.54, 1.807) is 12.2 Å². The van der Waals surface area contributed by atoms with E-state index >= 15 is 0 Å². The zero-order valence-corrected chi connectivity index (χ0v) is 13.8. The minimum absolute atomic E-state index is 0.00781. The van der Waals surface area contributed by atoms with Crippen LogP contribution in [0.4, 0.5) is 5.69 Å². The zero-order chi connectivity index (χ0) is 16.7. The third-order valence-corrected chi connectivity index (χ3v) is 3.88. The predicted molar refractivity (Wildman–Crippen MR) is 99.9 cm³/mol. The van der Waals surface area contributed by atoms with Gasteiger partial charge in [-0.05, 0) is 43.2 Å². The normalized spacial score (nSPS) is 10.7. The van der Waals surface area contributed by atoms with Gasteiger partial charge in [-0.15, -0.1) is 0 Å². The molecule has 2 aromatic carbocycles. The second kappa shape index (κ2) is 8.14. The number of carbonyl (C=O) groups is 1. The second-order valence-corrected chi connectivity index (χ2v) is 5.29. The van der Waals surface area contributed by atoms with Gasteiger partial charge in [-0.2, -0.15) is 0 Å². The minimum atomic E-state index is 0.00781.